The van der Waals surface area contributed by atoms with Crippen LogP contribution in [0.2, 0.25) is 0 Å². The first-order valence-corrected chi connectivity index (χ1v) is 8.23. The topological polar surface area (TPSA) is 45.7 Å². The van der Waals surface area contributed by atoms with Crippen molar-refractivity contribution < 1.29 is 17.9 Å². The minimum Gasteiger partial charge on any atom is -0.489 e. The lowest BCUT2D eigenvalue weighted by molar-refractivity contribution is -0.132. The number of ether oxygens (including phenoxy) is 1. The molecule has 2 rings (SSSR count). The average Bonchev–Trinajstić information content (AvgIpc) is 2.63. The molecule has 0 aliphatic carbocycles. The fourth-order valence-corrected chi connectivity index (χ4v) is 2.24. The largest absolute Gasteiger partial charge is 0.489 e. The van der Waals surface area contributed by atoms with Gasteiger partial charge in [0.2, 0.25) is 0 Å². The Morgan fingerprint density at radius 3 is 2.37 bits per heavy atom. The summed E-state index contributed by atoms with van der Waals surface area (Å²) in [5.41, 5.74) is 1.99. The molecule has 0 saturated carbocycles. The lowest BCUT2D eigenvalue weighted by Gasteiger charge is -2.13. The van der Waals surface area contributed by atoms with Gasteiger partial charge in [0.05, 0.1) is 6.42 Å². The molecule has 0 bridgehead atoms. The van der Waals surface area contributed by atoms with Crippen molar-refractivity contribution in [1.82, 2.24) is 10.6 Å². The van der Waals surface area contributed by atoms with E-state index in [2.05, 4.69) is 15.6 Å². The summed E-state index contributed by atoms with van der Waals surface area (Å²) in [6.07, 6.45) is -5.08. The summed E-state index contributed by atoms with van der Waals surface area (Å²) in [6, 6.07) is 17.3. The molecule has 2 aromatic carbocycles. The molecular weight excluding hydrogens is 470 g/mol. The highest BCUT2D eigenvalue weighted by molar-refractivity contribution is 14.0. The van der Waals surface area contributed by atoms with Gasteiger partial charge in [-0.15, -0.1) is 24.0 Å². The van der Waals surface area contributed by atoms with Crippen LogP contribution in [0.5, 0.6) is 5.75 Å². The van der Waals surface area contributed by atoms with E-state index in [-0.39, 0.29) is 30.5 Å². The van der Waals surface area contributed by atoms with Crippen molar-refractivity contribution >= 4 is 29.9 Å². The number of nitrogens with zero attached hydrogens (tertiary/aromatic N) is 1. The van der Waals surface area contributed by atoms with Gasteiger partial charge in [0.1, 0.15) is 12.4 Å². The van der Waals surface area contributed by atoms with E-state index in [1.165, 1.54) is 7.05 Å². The number of aliphatic imine (C=N–C) groups is 1. The summed E-state index contributed by atoms with van der Waals surface area (Å²) in [5, 5.41) is 5.66. The molecule has 0 aromatic heterocycles. The maximum Gasteiger partial charge on any atom is 0.390 e. The number of halogens is 4. The van der Waals surface area contributed by atoms with Crippen molar-refractivity contribution in [3.8, 4) is 5.75 Å². The van der Waals surface area contributed by atoms with E-state index in [0.29, 0.717) is 19.1 Å². The molecular formula is C19H23F3IN3O. The standard InChI is InChI=1S/C19H22F3N3O.HI/c1-23-18(24-11-10-19(20,21)22)25-13-15-6-5-7-16(12-15)14-26-17-8-3-2-4-9-17;/h2-9,12H,10-11,13-14H2,1H3,(H2,23,24,25);1H. The monoisotopic (exact) mass is 493 g/mol. The van der Waals surface area contributed by atoms with Crippen LogP contribution in [0.4, 0.5) is 13.2 Å². The molecule has 4 nitrogen and oxygen atoms in total. The maximum absolute atomic E-state index is 12.2. The third-order valence-electron chi connectivity index (χ3n) is 3.52. The van der Waals surface area contributed by atoms with E-state index in [1.54, 1.807) is 0 Å². The molecule has 2 N–H and O–H groups in total. The molecule has 0 heterocycles. The second-order valence-corrected chi connectivity index (χ2v) is 5.64. The molecule has 27 heavy (non-hydrogen) atoms. The van der Waals surface area contributed by atoms with Gasteiger partial charge >= 0.3 is 6.18 Å². The van der Waals surface area contributed by atoms with Crippen molar-refractivity contribution in [3.63, 3.8) is 0 Å². The number of hydrogen-bond acceptors (Lipinski definition) is 2. The number of benzene rings is 2. The number of guanidine groups is 1. The van der Waals surface area contributed by atoms with E-state index in [1.807, 2.05) is 54.6 Å². The molecule has 0 atom stereocenters. The molecule has 8 heteroatoms. The quantitative estimate of drug-likeness (QED) is 0.339. The molecule has 2 aromatic rings. The third kappa shape index (κ3) is 9.50. The fraction of sp³-hybridized carbons (Fsp3) is 0.316. The van der Waals surface area contributed by atoms with Gasteiger partial charge < -0.3 is 15.4 Å². The summed E-state index contributed by atoms with van der Waals surface area (Å²) in [5.74, 6) is 1.13. The zero-order valence-electron chi connectivity index (χ0n) is 14.9. The third-order valence-corrected chi connectivity index (χ3v) is 3.52. The normalized spacial score (nSPS) is 11.5. The highest BCUT2D eigenvalue weighted by Gasteiger charge is 2.26. The summed E-state index contributed by atoms with van der Waals surface area (Å²) in [7, 11) is 1.52. The van der Waals surface area contributed by atoms with Crippen LogP contribution in [-0.2, 0) is 13.2 Å². The predicted octanol–water partition coefficient (Wildman–Crippen LogP) is 4.50. The van der Waals surface area contributed by atoms with Crippen LogP contribution in [0, 0.1) is 0 Å². The first-order chi connectivity index (χ1) is 12.5. The van der Waals surface area contributed by atoms with Crippen molar-refractivity contribution in [3.05, 3.63) is 65.7 Å². The summed E-state index contributed by atoms with van der Waals surface area (Å²) >= 11 is 0. The van der Waals surface area contributed by atoms with Gasteiger partial charge in [-0.3, -0.25) is 4.99 Å². The summed E-state index contributed by atoms with van der Waals surface area (Å²) in [6.45, 7) is 0.676. The van der Waals surface area contributed by atoms with Crippen LogP contribution in [-0.4, -0.2) is 25.7 Å². The first-order valence-electron chi connectivity index (χ1n) is 8.23. The number of para-hydroxylation sites is 1. The predicted molar refractivity (Wildman–Crippen MR) is 112 cm³/mol. The van der Waals surface area contributed by atoms with Crippen molar-refractivity contribution in [1.29, 1.82) is 0 Å². The molecule has 0 spiro atoms. The second-order valence-electron chi connectivity index (χ2n) is 5.64. The Morgan fingerprint density at radius 2 is 1.70 bits per heavy atom. The van der Waals surface area contributed by atoms with E-state index in [0.717, 1.165) is 16.9 Å². The minimum atomic E-state index is -4.18. The van der Waals surface area contributed by atoms with Crippen LogP contribution >= 0.6 is 24.0 Å². The van der Waals surface area contributed by atoms with E-state index < -0.39 is 12.6 Å². The smallest absolute Gasteiger partial charge is 0.390 e. The number of rotatable bonds is 7. The summed E-state index contributed by atoms with van der Waals surface area (Å²) < 4.78 is 42.3. The fourth-order valence-electron chi connectivity index (χ4n) is 2.24. The van der Waals surface area contributed by atoms with Crippen LogP contribution < -0.4 is 15.4 Å². The Bertz CT molecular complexity index is 709. The molecule has 148 valence electrons. The first kappa shape index (κ1) is 23.1. The number of alkyl halides is 3. The molecule has 0 radical (unpaired) electrons. The molecule has 0 fully saturated rings. The van der Waals surface area contributed by atoms with E-state index in [9.17, 15) is 13.2 Å². The van der Waals surface area contributed by atoms with Gasteiger partial charge in [-0.05, 0) is 23.3 Å². The Balaban J connectivity index is 0.00000364. The Labute approximate surface area is 174 Å². The molecule has 0 amide bonds. The number of hydrogen-bond donors (Lipinski definition) is 2. The van der Waals surface area contributed by atoms with Gasteiger partial charge in [-0.25, -0.2) is 0 Å². The Morgan fingerprint density at radius 1 is 1.00 bits per heavy atom. The maximum atomic E-state index is 12.2. The lowest BCUT2D eigenvalue weighted by Crippen LogP contribution is -2.38. The van der Waals surface area contributed by atoms with E-state index >= 15 is 0 Å². The molecule has 0 unspecified atom stereocenters. The van der Waals surface area contributed by atoms with Crippen molar-refractivity contribution in [2.24, 2.45) is 4.99 Å². The van der Waals surface area contributed by atoms with Crippen LogP contribution in [0.25, 0.3) is 0 Å². The van der Waals surface area contributed by atoms with Gasteiger partial charge in [-0.2, -0.15) is 13.2 Å². The average molecular weight is 493 g/mol. The number of nitrogens with one attached hydrogen (secondary N) is 2. The highest BCUT2D eigenvalue weighted by atomic mass is 127. The van der Waals surface area contributed by atoms with E-state index in [4.69, 9.17) is 4.74 Å². The second kappa shape index (κ2) is 11.7. The lowest BCUT2D eigenvalue weighted by atomic mass is 10.1. The summed E-state index contributed by atoms with van der Waals surface area (Å²) in [4.78, 5) is 3.92. The van der Waals surface area contributed by atoms with Gasteiger partial charge in [0, 0.05) is 20.1 Å². The van der Waals surface area contributed by atoms with Gasteiger partial charge in [0.15, 0.2) is 5.96 Å². The molecule has 0 aliphatic heterocycles. The Kier molecular flexibility index (Phi) is 9.98. The zero-order chi connectivity index (χ0) is 18.8. The molecule has 0 saturated heterocycles. The van der Waals surface area contributed by atoms with Gasteiger partial charge in [-0.1, -0.05) is 42.5 Å². The zero-order valence-corrected chi connectivity index (χ0v) is 17.3. The highest BCUT2D eigenvalue weighted by Crippen LogP contribution is 2.18. The minimum absolute atomic E-state index is 0. The van der Waals surface area contributed by atoms with Crippen LogP contribution in [0.1, 0.15) is 17.5 Å². The van der Waals surface area contributed by atoms with Crippen molar-refractivity contribution in [2.75, 3.05) is 13.6 Å². The molecule has 0 aliphatic rings. The Hall–Kier alpha value is -1.97. The van der Waals surface area contributed by atoms with Gasteiger partial charge in [0.25, 0.3) is 0 Å². The van der Waals surface area contributed by atoms with Crippen LogP contribution in [0.15, 0.2) is 59.6 Å². The van der Waals surface area contributed by atoms with Crippen molar-refractivity contribution in [2.45, 2.75) is 25.7 Å². The SMILES string of the molecule is CN=C(NCCC(F)(F)F)NCc1cccc(COc2ccccc2)c1.I. The van der Waals surface area contributed by atoms with Crippen LogP contribution in [0.3, 0.4) is 0 Å².